The van der Waals surface area contributed by atoms with Crippen LogP contribution >= 0.6 is 11.8 Å². The van der Waals surface area contributed by atoms with Crippen molar-refractivity contribution in [3.8, 4) is 0 Å². The van der Waals surface area contributed by atoms with Gasteiger partial charge in [-0.05, 0) is 19.1 Å². The minimum absolute atomic E-state index is 0.218. The summed E-state index contributed by atoms with van der Waals surface area (Å²) >= 11 is 1.65. The molecule has 74 valence electrons. The number of hydrogen-bond acceptors (Lipinski definition) is 4. The molecule has 5 heteroatoms. The summed E-state index contributed by atoms with van der Waals surface area (Å²) in [7, 11) is -2.78. The number of nitrogens with two attached hydrogens (primary N) is 1. The first-order valence-electron chi connectivity index (χ1n) is 3.93. The van der Waals surface area contributed by atoms with Crippen LogP contribution in [0.25, 0.3) is 0 Å². The standard InChI is InChI=1S/C7H17NO2S2/c1-7(8)3-4-11-5-6-12(2,9)10/h7H,3-6,8H2,1-2H3. The van der Waals surface area contributed by atoms with Gasteiger partial charge in [0.1, 0.15) is 9.84 Å². The third-order valence-electron chi connectivity index (χ3n) is 1.32. The molecule has 0 aliphatic rings. The average molecular weight is 211 g/mol. The Morgan fingerprint density at radius 2 is 2.00 bits per heavy atom. The lowest BCUT2D eigenvalue weighted by atomic mass is 10.3. The van der Waals surface area contributed by atoms with Crippen molar-refractivity contribution >= 4 is 21.6 Å². The Bertz CT molecular complexity index is 199. The predicted molar refractivity (Wildman–Crippen MR) is 55.3 cm³/mol. The van der Waals surface area contributed by atoms with Gasteiger partial charge in [-0.25, -0.2) is 8.42 Å². The van der Waals surface area contributed by atoms with E-state index in [-0.39, 0.29) is 11.8 Å². The molecule has 0 amide bonds. The zero-order valence-corrected chi connectivity index (χ0v) is 9.25. The molecule has 0 aromatic carbocycles. The zero-order chi connectivity index (χ0) is 9.61. The summed E-state index contributed by atoms with van der Waals surface area (Å²) in [5, 5.41) is 0. The van der Waals surface area contributed by atoms with E-state index in [0.29, 0.717) is 5.75 Å². The van der Waals surface area contributed by atoms with Gasteiger partial charge >= 0.3 is 0 Å². The third-order valence-corrected chi connectivity index (χ3v) is 3.54. The summed E-state index contributed by atoms with van der Waals surface area (Å²) in [5.41, 5.74) is 5.53. The molecule has 2 N–H and O–H groups in total. The maximum Gasteiger partial charge on any atom is 0.148 e. The molecule has 3 nitrogen and oxygen atoms in total. The molecule has 0 aliphatic carbocycles. The van der Waals surface area contributed by atoms with Crippen LogP contribution < -0.4 is 5.73 Å². The van der Waals surface area contributed by atoms with Crippen molar-refractivity contribution in [1.82, 2.24) is 0 Å². The molecule has 1 atom stereocenters. The lowest BCUT2D eigenvalue weighted by Crippen LogP contribution is -2.15. The van der Waals surface area contributed by atoms with Crippen molar-refractivity contribution in [1.29, 1.82) is 0 Å². The van der Waals surface area contributed by atoms with E-state index in [9.17, 15) is 8.42 Å². The average Bonchev–Trinajstić information content (AvgIpc) is 1.83. The van der Waals surface area contributed by atoms with Gasteiger partial charge in [0.2, 0.25) is 0 Å². The van der Waals surface area contributed by atoms with Gasteiger partial charge in [-0.2, -0.15) is 11.8 Å². The van der Waals surface area contributed by atoms with E-state index in [0.717, 1.165) is 12.2 Å². The number of rotatable bonds is 6. The Hall–Kier alpha value is 0.260. The molecule has 1 unspecified atom stereocenters. The summed E-state index contributed by atoms with van der Waals surface area (Å²) in [5.74, 6) is 1.91. The van der Waals surface area contributed by atoms with Gasteiger partial charge in [0.25, 0.3) is 0 Å². The van der Waals surface area contributed by atoms with Gasteiger partial charge in [-0.15, -0.1) is 0 Å². The largest absolute Gasteiger partial charge is 0.328 e. The number of sulfone groups is 1. The van der Waals surface area contributed by atoms with Crippen LogP contribution in [0.4, 0.5) is 0 Å². The molecule has 0 radical (unpaired) electrons. The molecular formula is C7H17NO2S2. The van der Waals surface area contributed by atoms with Crippen LogP contribution in [0.1, 0.15) is 13.3 Å². The molecule has 0 heterocycles. The van der Waals surface area contributed by atoms with Crippen molar-refractivity contribution in [2.45, 2.75) is 19.4 Å². The molecule has 0 rings (SSSR count). The molecule has 0 saturated heterocycles. The van der Waals surface area contributed by atoms with Gasteiger partial charge in [0, 0.05) is 18.1 Å². The fourth-order valence-electron chi connectivity index (χ4n) is 0.582. The Balaban J connectivity index is 3.23. The molecule has 0 bridgehead atoms. The highest BCUT2D eigenvalue weighted by molar-refractivity contribution is 8.00. The molecule has 0 fully saturated rings. The van der Waals surface area contributed by atoms with Crippen LogP contribution in [0.15, 0.2) is 0 Å². The van der Waals surface area contributed by atoms with E-state index in [4.69, 9.17) is 5.73 Å². The Morgan fingerprint density at radius 3 is 2.42 bits per heavy atom. The number of thioether (sulfide) groups is 1. The summed E-state index contributed by atoms with van der Waals surface area (Å²) in [6, 6.07) is 0.218. The van der Waals surface area contributed by atoms with Gasteiger partial charge in [-0.3, -0.25) is 0 Å². The molecule has 0 aromatic heterocycles. The molecule has 0 aromatic rings. The van der Waals surface area contributed by atoms with E-state index >= 15 is 0 Å². The highest BCUT2D eigenvalue weighted by Gasteiger charge is 2.01. The molecule has 0 saturated carbocycles. The summed E-state index contributed by atoms with van der Waals surface area (Å²) in [6.07, 6.45) is 2.22. The first kappa shape index (κ1) is 12.3. The quantitative estimate of drug-likeness (QED) is 0.650. The lowest BCUT2D eigenvalue weighted by molar-refractivity contribution is 0.603. The smallest absolute Gasteiger partial charge is 0.148 e. The van der Waals surface area contributed by atoms with Crippen molar-refractivity contribution < 1.29 is 8.42 Å². The summed E-state index contributed by atoms with van der Waals surface area (Å²) in [6.45, 7) is 1.96. The predicted octanol–water partition coefficient (Wildman–Crippen LogP) is 0.502. The topological polar surface area (TPSA) is 60.2 Å². The Kier molecular flexibility index (Phi) is 5.96. The second-order valence-electron chi connectivity index (χ2n) is 3.01. The molecular weight excluding hydrogens is 194 g/mol. The fourth-order valence-corrected chi connectivity index (χ4v) is 3.01. The van der Waals surface area contributed by atoms with Crippen LogP contribution in [-0.4, -0.2) is 38.0 Å². The van der Waals surface area contributed by atoms with Gasteiger partial charge in [0.15, 0.2) is 0 Å². The van der Waals surface area contributed by atoms with Crippen molar-refractivity contribution in [2.24, 2.45) is 5.73 Å². The highest BCUT2D eigenvalue weighted by Crippen LogP contribution is 2.04. The van der Waals surface area contributed by atoms with E-state index in [1.165, 1.54) is 6.26 Å². The minimum atomic E-state index is -2.78. The van der Waals surface area contributed by atoms with Crippen LogP contribution in [0.5, 0.6) is 0 Å². The molecule has 0 aliphatic heterocycles. The Morgan fingerprint density at radius 1 is 1.42 bits per heavy atom. The highest BCUT2D eigenvalue weighted by atomic mass is 32.2. The zero-order valence-electron chi connectivity index (χ0n) is 7.62. The minimum Gasteiger partial charge on any atom is -0.328 e. The van der Waals surface area contributed by atoms with Gasteiger partial charge in [0.05, 0.1) is 5.75 Å². The summed E-state index contributed by atoms with van der Waals surface area (Å²) in [4.78, 5) is 0. The SMILES string of the molecule is CC(N)CCSCCS(C)(=O)=O. The Labute approximate surface area is 79.0 Å². The van der Waals surface area contributed by atoms with E-state index in [2.05, 4.69) is 0 Å². The summed E-state index contributed by atoms with van der Waals surface area (Å²) < 4.78 is 21.4. The maximum atomic E-state index is 10.7. The van der Waals surface area contributed by atoms with E-state index in [1.807, 2.05) is 6.92 Å². The monoisotopic (exact) mass is 211 g/mol. The molecule has 12 heavy (non-hydrogen) atoms. The maximum absolute atomic E-state index is 10.7. The van der Waals surface area contributed by atoms with Crippen molar-refractivity contribution in [2.75, 3.05) is 23.5 Å². The normalized spacial score (nSPS) is 14.6. The first-order valence-corrected chi connectivity index (χ1v) is 7.14. The van der Waals surface area contributed by atoms with E-state index < -0.39 is 9.84 Å². The number of hydrogen-bond donors (Lipinski definition) is 1. The van der Waals surface area contributed by atoms with Crippen molar-refractivity contribution in [3.63, 3.8) is 0 Å². The van der Waals surface area contributed by atoms with Crippen molar-refractivity contribution in [3.05, 3.63) is 0 Å². The first-order chi connectivity index (χ1) is 5.42. The second-order valence-corrected chi connectivity index (χ2v) is 6.49. The van der Waals surface area contributed by atoms with Gasteiger partial charge < -0.3 is 5.73 Å². The van der Waals surface area contributed by atoms with Crippen LogP contribution in [0, 0.1) is 0 Å². The van der Waals surface area contributed by atoms with Gasteiger partial charge in [-0.1, -0.05) is 0 Å². The fraction of sp³-hybridized carbons (Fsp3) is 1.00. The second kappa shape index (κ2) is 5.83. The van der Waals surface area contributed by atoms with E-state index in [1.54, 1.807) is 11.8 Å². The van der Waals surface area contributed by atoms with Crippen LogP contribution in [0.2, 0.25) is 0 Å². The third kappa shape index (κ3) is 10.3. The molecule has 0 spiro atoms. The lowest BCUT2D eigenvalue weighted by Gasteiger charge is -2.03. The van der Waals surface area contributed by atoms with Crippen LogP contribution in [-0.2, 0) is 9.84 Å². The van der Waals surface area contributed by atoms with Crippen LogP contribution in [0.3, 0.4) is 0 Å².